The highest BCUT2D eigenvalue weighted by Crippen LogP contribution is 2.29. The molecule has 3 amide bonds. The van der Waals surface area contributed by atoms with E-state index in [0.717, 1.165) is 4.90 Å². The van der Waals surface area contributed by atoms with Crippen LogP contribution in [-0.4, -0.2) is 35.3 Å². The highest BCUT2D eigenvalue weighted by molar-refractivity contribution is 6.23. The van der Waals surface area contributed by atoms with Crippen molar-refractivity contribution in [2.45, 2.75) is 33.2 Å². The minimum Gasteiger partial charge on any atom is -0.492 e. The van der Waals surface area contributed by atoms with Gasteiger partial charge in [0.2, 0.25) is 5.91 Å². The summed E-state index contributed by atoms with van der Waals surface area (Å²) in [6.45, 7) is 6.22. The Morgan fingerprint density at radius 2 is 1.57 bits per heavy atom. The lowest BCUT2D eigenvalue weighted by Gasteiger charge is -2.27. The van der Waals surface area contributed by atoms with Gasteiger partial charge in [0.1, 0.15) is 11.8 Å². The summed E-state index contributed by atoms with van der Waals surface area (Å²) in [5, 5.41) is 2.84. The molecule has 146 valence electrons. The molecule has 1 N–H and O–H groups in total. The maximum Gasteiger partial charge on any atom is 0.262 e. The topological polar surface area (TPSA) is 75.7 Å². The standard InChI is InChI=1S/C22H24N2O4/c1-4-28-19-12-8-7-11-17(19)23-20(25)18(13-14(2)3)24-21(26)15-9-5-6-10-16(15)22(24)27/h5-12,14,18H,4,13H2,1-3H3,(H,23,25). The van der Waals surface area contributed by atoms with Crippen LogP contribution in [0, 0.1) is 5.92 Å². The minimum absolute atomic E-state index is 0.113. The zero-order chi connectivity index (χ0) is 20.3. The summed E-state index contributed by atoms with van der Waals surface area (Å²) >= 11 is 0. The first-order chi connectivity index (χ1) is 13.4. The predicted molar refractivity (Wildman–Crippen MR) is 106 cm³/mol. The van der Waals surface area contributed by atoms with E-state index in [9.17, 15) is 14.4 Å². The molecule has 0 spiro atoms. The van der Waals surface area contributed by atoms with E-state index in [1.165, 1.54) is 0 Å². The maximum atomic E-state index is 13.1. The molecule has 0 aromatic heterocycles. The molecule has 1 aliphatic heterocycles. The Morgan fingerprint density at radius 3 is 2.14 bits per heavy atom. The molecule has 0 saturated heterocycles. The summed E-state index contributed by atoms with van der Waals surface area (Å²) in [4.78, 5) is 39.9. The molecule has 0 aliphatic carbocycles. The lowest BCUT2D eigenvalue weighted by Crippen LogP contribution is -2.48. The smallest absolute Gasteiger partial charge is 0.262 e. The van der Waals surface area contributed by atoms with Crippen molar-refractivity contribution in [2.24, 2.45) is 5.92 Å². The Labute approximate surface area is 164 Å². The number of imide groups is 1. The molecule has 1 unspecified atom stereocenters. The van der Waals surface area contributed by atoms with Crippen LogP contribution in [0.1, 0.15) is 47.9 Å². The fourth-order valence-corrected chi connectivity index (χ4v) is 3.33. The summed E-state index contributed by atoms with van der Waals surface area (Å²) in [7, 11) is 0. The van der Waals surface area contributed by atoms with Gasteiger partial charge < -0.3 is 10.1 Å². The van der Waals surface area contributed by atoms with Crippen molar-refractivity contribution >= 4 is 23.4 Å². The number of benzene rings is 2. The number of fused-ring (bicyclic) bond motifs is 1. The first-order valence-corrected chi connectivity index (χ1v) is 9.43. The van der Waals surface area contributed by atoms with Crippen LogP contribution in [-0.2, 0) is 4.79 Å². The van der Waals surface area contributed by atoms with Crippen LogP contribution in [0.25, 0.3) is 0 Å². The van der Waals surface area contributed by atoms with Crippen molar-refractivity contribution in [1.82, 2.24) is 4.90 Å². The second kappa shape index (κ2) is 8.25. The molecule has 0 fully saturated rings. The van der Waals surface area contributed by atoms with E-state index in [-0.39, 0.29) is 5.92 Å². The Hall–Kier alpha value is -3.15. The Morgan fingerprint density at radius 1 is 1.00 bits per heavy atom. The van der Waals surface area contributed by atoms with E-state index in [4.69, 9.17) is 4.74 Å². The number of carbonyl (C=O) groups is 3. The van der Waals surface area contributed by atoms with Gasteiger partial charge in [0.05, 0.1) is 23.4 Å². The SMILES string of the molecule is CCOc1ccccc1NC(=O)C(CC(C)C)N1C(=O)c2ccccc2C1=O. The molecule has 2 aromatic carbocycles. The highest BCUT2D eigenvalue weighted by atomic mass is 16.5. The summed E-state index contributed by atoms with van der Waals surface area (Å²) in [6, 6.07) is 12.9. The van der Waals surface area contributed by atoms with Crippen molar-refractivity contribution in [2.75, 3.05) is 11.9 Å². The van der Waals surface area contributed by atoms with Crippen LogP contribution in [0.5, 0.6) is 5.75 Å². The Balaban J connectivity index is 1.90. The first kappa shape index (κ1) is 19.6. The van der Waals surface area contributed by atoms with E-state index in [1.54, 1.807) is 42.5 Å². The van der Waals surface area contributed by atoms with Gasteiger partial charge in [0, 0.05) is 0 Å². The highest BCUT2D eigenvalue weighted by Gasteiger charge is 2.42. The zero-order valence-electron chi connectivity index (χ0n) is 16.3. The van der Waals surface area contributed by atoms with Gasteiger partial charge in [-0.1, -0.05) is 38.1 Å². The molecule has 6 heteroatoms. The summed E-state index contributed by atoms with van der Waals surface area (Å²) in [5.41, 5.74) is 1.19. The average Bonchev–Trinajstić information content (AvgIpc) is 2.92. The van der Waals surface area contributed by atoms with E-state index >= 15 is 0 Å². The second-order valence-corrected chi connectivity index (χ2v) is 7.09. The number of hydrogen-bond donors (Lipinski definition) is 1. The molecular weight excluding hydrogens is 356 g/mol. The van der Waals surface area contributed by atoms with Crippen LogP contribution in [0.15, 0.2) is 48.5 Å². The lowest BCUT2D eigenvalue weighted by molar-refractivity contribution is -0.120. The maximum absolute atomic E-state index is 13.1. The molecule has 3 rings (SSSR count). The van der Waals surface area contributed by atoms with E-state index < -0.39 is 23.8 Å². The average molecular weight is 380 g/mol. The number of amides is 3. The van der Waals surface area contributed by atoms with Crippen LogP contribution >= 0.6 is 0 Å². The lowest BCUT2D eigenvalue weighted by atomic mass is 10.0. The van der Waals surface area contributed by atoms with E-state index in [2.05, 4.69) is 5.32 Å². The molecule has 1 atom stereocenters. The number of para-hydroxylation sites is 2. The van der Waals surface area contributed by atoms with Gasteiger partial charge in [-0.25, -0.2) is 0 Å². The molecule has 0 radical (unpaired) electrons. The number of ether oxygens (including phenoxy) is 1. The van der Waals surface area contributed by atoms with Crippen molar-refractivity contribution in [1.29, 1.82) is 0 Å². The number of nitrogens with one attached hydrogen (secondary N) is 1. The van der Waals surface area contributed by atoms with Crippen LogP contribution in [0.3, 0.4) is 0 Å². The fourth-order valence-electron chi connectivity index (χ4n) is 3.33. The molecular formula is C22H24N2O4. The zero-order valence-corrected chi connectivity index (χ0v) is 16.3. The quantitative estimate of drug-likeness (QED) is 0.743. The van der Waals surface area contributed by atoms with Crippen LogP contribution in [0.4, 0.5) is 5.69 Å². The fraction of sp³-hybridized carbons (Fsp3) is 0.318. The third-order valence-corrected chi connectivity index (χ3v) is 4.58. The summed E-state index contributed by atoms with van der Waals surface area (Å²) < 4.78 is 5.55. The Kier molecular flexibility index (Phi) is 5.78. The number of carbonyl (C=O) groups excluding carboxylic acids is 3. The molecule has 0 bridgehead atoms. The van der Waals surface area contributed by atoms with Gasteiger partial charge in [-0.05, 0) is 43.5 Å². The van der Waals surface area contributed by atoms with Gasteiger partial charge in [-0.3, -0.25) is 19.3 Å². The number of hydrogen-bond acceptors (Lipinski definition) is 4. The van der Waals surface area contributed by atoms with Gasteiger partial charge in [0.15, 0.2) is 0 Å². The van der Waals surface area contributed by atoms with Crippen molar-refractivity contribution in [3.63, 3.8) is 0 Å². The molecule has 1 heterocycles. The van der Waals surface area contributed by atoms with Crippen molar-refractivity contribution in [3.05, 3.63) is 59.7 Å². The van der Waals surface area contributed by atoms with Crippen LogP contribution in [0.2, 0.25) is 0 Å². The number of rotatable bonds is 7. The summed E-state index contributed by atoms with van der Waals surface area (Å²) in [6.07, 6.45) is 0.369. The number of nitrogens with zero attached hydrogens (tertiary/aromatic N) is 1. The molecule has 1 aliphatic rings. The first-order valence-electron chi connectivity index (χ1n) is 9.43. The second-order valence-electron chi connectivity index (χ2n) is 7.09. The molecule has 28 heavy (non-hydrogen) atoms. The monoisotopic (exact) mass is 380 g/mol. The van der Waals surface area contributed by atoms with Gasteiger partial charge in [-0.15, -0.1) is 0 Å². The van der Waals surface area contributed by atoms with E-state index in [1.807, 2.05) is 26.8 Å². The van der Waals surface area contributed by atoms with Gasteiger partial charge >= 0.3 is 0 Å². The largest absolute Gasteiger partial charge is 0.492 e. The minimum atomic E-state index is -0.901. The summed E-state index contributed by atoms with van der Waals surface area (Å²) in [5.74, 6) is -0.611. The van der Waals surface area contributed by atoms with Crippen LogP contribution < -0.4 is 10.1 Å². The Bertz CT molecular complexity index is 872. The predicted octanol–water partition coefficient (Wildman–Crippen LogP) is 3.73. The molecule has 2 aromatic rings. The third kappa shape index (κ3) is 3.76. The molecule has 6 nitrogen and oxygen atoms in total. The number of anilines is 1. The normalized spacial score (nSPS) is 14.2. The van der Waals surface area contributed by atoms with Gasteiger partial charge in [-0.2, -0.15) is 0 Å². The van der Waals surface area contributed by atoms with Crippen molar-refractivity contribution in [3.8, 4) is 5.75 Å². The van der Waals surface area contributed by atoms with Gasteiger partial charge in [0.25, 0.3) is 11.8 Å². The third-order valence-electron chi connectivity index (χ3n) is 4.58. The van der Waals surface area contributed by atoms with Crippen molar-refractivity contribution < 1.29 is 19.1 Å². The molecule has 0 saturated carbocycles. The van der Waals surface area contributed by atoms with E-state index in [0.29, 0.717) is 35.6 Å².